The predicted molar refractivity (Wildman–Crippen MR) is 107 cm³/mol. The maximum Gasteiger partial charge on any atom is 0.226 e. The average Bonchev–Trinajstić information content (AvgIpc) is 3.04. The van der Waals surface area contributed by atoms with E-state index in [9.17, 15) is 13.2 Å². The number of aryl methyl sites for hydroxylation is 1. The third-order valence-electron chi connectivity index (χ3n) is 5.48. The van der Waals surface area contributed by atoms with E-state index in [0.717, 1.165) is 69.0 Å². The van der Waals surface area contributed by atoms with Crippen molar-refractivity contribution in [3.8, 4) is 0 Å². The zero-order valence-corrected chi connectivity index (χ0v) is 17.8. The first-order chi connectivity index (χ1) is 12.8. The molecule has 9 heteroatoms. The predicted octanol–water partition coefficient (Wildman–Crippen LogP) is 1.59. The first kappa shape index (κ1) is 20.7. The minimum atomic E-state index is -3.23. The summed E-state index contributed by atoms with van der Waals surface area (Å²) in [5.74, 6) is 0.261. The smallest absolute Gasteiger partial charge is 0.226 e. The number of rotatable bonds is 6. The highest BCUT2D eigenvalue weighted by Crippen LogP contribution is 2.25. The zero-order valence-electron chi connectivity index (χ0n) is 16.2. The largest absolute Gasteiger partial charge is 0.338 e. The maximum atomic E-state index is 13.1. The summed E-state index contributed by atoms with van der Waals surface area (Å²) in [6.07, 6.45) is 5.82. The highest BCUT2D eigenvalue weighted by atomic mass is 32.2. The summed E-state index contributed by atoms with van der Waals surface area (Å²) >= 11 is 1.68. The average molecular weight is 415 g/mol. The molecule has 3 heterocycles. The first-order valence-electron chi connectivity index (χ1n) is 9.70. The van der Waals surface area contributed by atoms with Crippen LogP contribution >= 0.6 is 11.3 Å². The van der Waals surface area contributed by atoms with Gasteiger partial charge in [-0.15, -0.1) is 11.3 Å². The number of likely N-dealkylation sites (tertiary alicyclic amines) is 2. The fourth-order valence-electron chi connectivity index (χ4n) is 4.03. The van der Waals surface area contributed by atoms with Gasteiger partial charge in [-0.1, -0.05) is 0 Å². The van der Waals surface area contributed by atoms with Gasteiger partial charge in [0.25, 0.3) is 0 Å². The van der Waals surface area contributed by atoms with Gasteiger partial charge in [0, 0.05) is 37.0 Å². The summed E-state index contributed by atoms with van der Waals surface area (Å²) in [5.41, 5.74) is 1.12. The van der Waals surface area contributed by atoms with E-state index >= 15 is 0 Å². The molecule has 1 unspecified atom stereocenters. The molecule has 2 aliphatic heterocycles. The van der Waals surface area contributed by atoms with Crippen molar-refractivity contribution in [2.75, 3.05) is 32.4 Å². The Morgan fingerprint density at radius 3 is 2.63 bits per heavy atom. The zero-order chi connectivity index (χ0) is 19.4. The van der Waals surface area contributed by atoms with Crippen molar-refractivity contribution in [2.24, 2.45) is 5.92 Å². The van der Waals surface area contributed by atoms with Gasteiger partial charge in [-0.25, -0.2) is 18.1 Å². The molecular weight excluding hydrogens is 384 g/mol. The Balaban J connectivity index is 1.52. The molecule has 0 radical (unpaired) electrons. The molecule has 1 atom stereocenters. The second-order valence-corrected chi connectivity index (χ2v) is 10.6. The molecule has 1 aromatic heterocycles. The van der Waals surface area contributed by atoms with Crippen LogP contribution in [0.2, 0.25) is 0 Å². The van der Waals surface area contributed by atoms with Crippen molar-refractivity contribution in [2.45, 2.75) is 51.6 Å². The third kappa shape index (κ3) is 5.97. The highest BCUT2D eigenvalue weighted by molar-refractivity contribution is 7.88. The summed E-state index contributed by atoms with van der Waals surface area (Å²) in [6.45, 7) is 5.77. The molecule has 0 aromatic carbocycles. The van der Waals surface area contributed by atoms with Gasteiger partial charge in [-0.3, -0.25) is 9.69 Å². The lowest BCUT2D eigenvalue weighted by Gasteiger charge is -2.40. The lowest BCUT2D eigenvalue weighted by atomic mass is 9.92. The van der Waals surface area contributed by atoms with Crippen LogP contribution in [-0.4, -0.2) is 67.6 Å². The van der Waals surface area contributed by atoms with Gasteiger partial charge in [0.2, 0.25) is 15.9 Å². The molecule has 7 nitrogen and oxygen atoms in total. The SMILES string of the molecule is Cc1nc(CN2CCC(C(=O)N3CCCCC3CNS(C)(=O)=O)CC2)cs1. The van der Waals surface area contributed by atoms with E-state index in [2.05, 4.69) is 20.0 Å². The summed E-state index contributed by atoms with van der Waals surface area (Å²) in [7, 11) is -3.23. The second-order valence-electron chi connectivity index (χ2n) is 7.71. The Morgan fingerprint density at radius 2 is 2.00 bits per heavy atom. The fourth-order valence-corrected chi connectivity index (χ4v) is 5.13. The van der Waals surface area contributed by atoms with E-state index in [-0.39, 0.29) is 17.9 Å². The van der Waals surface area contributed by atoms with Crippen LogP contribution in [0, 0.1) is 12.8 Å². The number of hydrogen-bond acceptors (Lipinski definition) is 6. The molecular formula is C18H30N4O3S2. The van der Waals surface area contributed by atoms with Gasteiger partial charge < -0.3 is 4.90 Å². The lowest BCUT2D eigenvalue weighted by molar-refractivity contribution is -0.140. The molecule has 27 heavy (non-hydrogen) atoms. The number of nitrogens with zero attached hydrogens (tertiary/aromatic N) is 3. The number of hydrogen-bond donors (Lipinski definition) is 1. The molecule has 0 aliphatic carbocycles. The second kappa shape index (κ2) is 8.98. The molecule has 1 N–H and O–H groups in total. The Kier molecular flexibility index (Phi) is 6.88. The molecule has 1 amide bonds. The van der Waals surface area contributed by atoms with Gasteiger partial charge in [0.15, 0.2) is 0 Å². The molecule has 3 rings (SSSR count). The molecule has 1 aromatic rings. The number of nitrogens with one attached hydrogen (secondary N) is 1. The van der Waals surface area contributed by atoms with Gasteiger partial charge in [0.05, 0.1) is 17.0 Å². The fraction of sp³-hybridized carbons (Fsp3) is 0.778. The number of amides is 1. The maximum absolute atomic E-state index is 13.1. The van der Waals surface area contributed by atoms with Crippen LogP contribution in [0.1, 0.15) is 42.8 Å². The van der Waals surface area contributed by atoms with Gasteiger partial charge in [0.1, 0.15) is 0 Å². The first-order valence-corrected chi connectivity index (χ1v) is 12.5. The highest BCUT2D eigenvalue weighted by Gasteiger charge is 2.33. The number of aromatic nitrogens is 1. The Morgan fingerprint density at radius 1 is 1.26 bits per heavy atom. The minimum Gasteiger partial charge on any atom is -0.338 e. The molecule has 0 bridgehead atoms. The summed E-state index contributed by atoms with van der Waals surface area (Å²) < 4.78 is 25.4. The summed E-state index contributed by atoms with van der Waals surface area (Å²) in [4.78, 5) is 21.9. The van der Waals surface area contributed by atoms with E-state index in [0.29, 0.717) is 6.54 Å². The van der Waals surface area contributed by atoms with Crippen molar-refractivity contribution < 1.29 is 13.2 Å². The number of carbonyl (C=O) groups is 1. The minimum absolute atomic E-state index is 0.0167. The number of thiazole rings is 1. The van der Waals surface area contributed by atoms with E-state index in [1.165, 1.54) is 6.26 Å². The molecule has 0 saturated carbocycles. The van der Waals surface area contributed by atoms with Crippen LogP contribution in [0.3, 0.4) is 0 Å². The Labute approximate surface area is 166 Å². The standard InChI is InChI=1S/C18H30N4O3S2/c1-14-20-16(13-26-14)12-21-9-6-15(7-10-21)18(23)22-8-4-3-5-17(22)11-19-27(2,24)25/h13,15,17,19H,3-12H2,1-2H3. The van der Waals surface area contributed by atoms with E-state index in [1.54, 1.807) is 11.3 Å². The van der Waals surface area contributed by atoms with Crippen molar-refractivity contribution >= 4 is 27.3 Å². The monoisotopic (exact) mass is 414 g/mol. The normalized spacial score (nSPS) is 22.9. The van der Waals surface area contributed by atoms with Crippen molar-refractivity contribution in [3.63, 3.8) is 0 Å². The third-order valence-corrected chi connectivity index (χ3v) is 6.99. The van der Waals surface area contributed by atoms with Crippen LogP contribution in [0.5, 0.6) is 0 Å². The molecule has 2 aliphatic rings. The van der Waals surface area contributed by atoms with Gasteiger partial charge in [-0.2, -0.15) is 0 Å². The summed E-state index contributed by atoms with van der Waals surface area (Å²) in [6, 6.07) is -0.0167. The number of carbonyl (C=O) groups excluding carboxylic acids is 1. The van der Waals surface area contributed by atoms with Crippen LogP contribution in [0.4, 0.5) is 0 Å². The summed E-state index contributed by atoms with van der Waals surface area (Å²) in [5, 5.41) is 3.20. The number of sulfonamides is 1. The topological polar surface area (TPSA) is 82.6 Å². The Hall–Kier alpha value is -1.03. The molecule has 152 valence electrons. The quantitative estimate of drug-likeness (QED) is 0.764. The molecule has 0 spiro atoms. The van der Waals surface area contributed by atoms with Gasteiger partial charge >= 0.3 is 0 Å². The van der Waals surface area contributed by atoms with E-state index in [4.69, 9.17) is 0 Å². The van der Waals surface area contributed by atoms with Gasteiger partial charge in [-0.05, 0) is 52.1 Å². The van der Waals surface area contributed by atoms with Crippen LogP contribution in [0.25, 0.3) is 0 Å². The van der Waals surface area contributed by atoms with Crippen LogP contribution in [0.15, 0.2) is 5.38 Å². The number of piperidine rings is 2. The lowest BCUT2D eigenvalue weighted by Crippen LogP contribution is -2.52. The van der Waals surface area contributed by atoms with Crippen LogP contribution in [-0.2, 0) is 21.4 Å². The van der Waals surface area contributed by atoms with E-state index in [1.807, 2.05) is 11.8 Å². The van der Waals surface area contributed by atoms with Crippen LogP contribution < -0.4 is 4.72 Å². The van der Waals surface area contributed by atoms with Crippen molar-refractivity contribution in [1.82, 2.24) is 19.5 Å². The van der Waals surface area contributed by atoms with Crippen molar-refractivity contribution in [3.05, 3.63) is 16.1 Å². The molecule has 2 saturated heterocycles. The van der Waals surface area contributed by atoms with Crippen molar-refractivity contribution in [1.29, 1.82) is 0 Å². The Bertz CT molecular complexity index is 742. The van der Waals surface area contributed by atoms with E-state index < -0.39 is 10.0 Å². The molecule has 2 fully saturated rings.